The summed E-state index contributed by atoms with van der Waals surface area (Å²) >= 11 is 0. The van der Waals surface area contributed by atoms with Gasteiger partial charge in [-0.15, -0.1) is 0 Å². The van der Waals surface area contributed by atoms with Crippen molar-refractivity contribution in [3.63, 3.8) is 0 Å². The number of rotatable bonds is 7. The van der Waals surface area contributed by atoms with Crippen LogP contribution in [-0.4, -0.2) is 66.1 Å². The number of benzene rings is 1. The fourth-order valence-corrected chi connectivity index (χ4v) is 6.21. The molecule has 1 aromatic rings. The molecule has 1 aliphatic heterocycles. The monoisotopic (exact) mass is 467 g/mol. The predicted octanol–water partition coefficient (Wildman–Crippen LogP) is 5.60. The highest BCUT2D eigenvalue weighted by molar-refractivity contribution is 5.46. The van der Waals surface area contributed by atoms with E-state index < -0.39 is 11.9 Å². The molecule has 0 radical (unpaired) electrons. The SMILES string of the molecule is OC1(C(CN2CCN(CC3CCCCC3)CC2)c2ccc(NC(F)(F)F)cc2)CCCCC1. The van der Waals surface area contributed by atoms with Crippen LogP contribution in [0.15, 0.2) is 24.3 Å². The van der Waals surface area contributed by atoms with Gasteiger partial charge in [0.1, 0.15) is 0 Å². The number of nitrogens with zero attached hydrogens (tertiary/aromatic N) is 2. The van der Waals surface area contributed by atoms with Gasteiger partial charge in [-0.2, -0.15) is 13.2 Å². The standard InChI is InChI=1S/C26H40F3N3O/c27-26(28,29)30-23-11-9-22(10-12-23)24(25(33)13-5-2-6-14-25)20-32-17-15-31(16-18-32)19-21-7-3-1-4-8-21/h9-12,21,24,30,33H,1-8,13-20H2. The van der Waals surface area contributed by atoms with Crippen molar-refractivity contribution < 1.29 is 18.3 Å². The van der Waals surface area contributed by atoms with Crippen LogP contribution < -0.4 is 5.32 Å². The second-order valence-corrected chi connectivity index (χ2v) is 10.6. The summed E-state index contributed by atoms with van der Waals surface area (Å²) in [5, 5.41) is 13.2. The first-order chi connectivity index (χ1) is 15.8. The molecule has 186 valence electrons. The highest BCUT2D eigenvalue weighted by Crippen LogP contribution is 2.41. The normalized spacial score (nSPS) is 24.5. The lowest BCUT2D eigenvalue weighted by molar-refractivity contribution is -0.0999. The van der Waals surface area contributed by atoms with E-state index >= 15 is 0 Å². The Hall–Kier alpha value is -1.31. The van der Waals surface area contributed by atoms with Gasteiger partial charge in [0.05, 0.1) is 5.60 Å². The van der Waals surface area contributed by atoms with E-state index in [1.54, 1.807) is 17.4 Å². The maximum atomic E-state index is 12.7. The van der Waals surface area contributed by atoms with Crippen LogP contribution in [0.3, 0.4) is 0 Å². The van der Waals surface area contributed by atoms with Crippen molar-refractivity contribution >= 4 is 5.69 Å². The third-order valence-electron chi connectivity index (χ3n) is 8.11. The van der Waals surface area contributed by atoms with Gasteiger partial charge < -0.3 is 14.9 Å². The Morgan fingerprint density at radius 1 is 0.879 bits per heavy atom. The van der Waals surface area contributed by atoms with Crippen molar-refractivity contribution in [3.8, 4) is 0 Å². The van der Waals surface area contributed by atoms with Gasteiger partial charge in [-0.3, -0.25) is 5.32 Å². The van der Waals surface area contributed by atoms with Crippen molar-refractivity contribution in [2.75, 3.05) is 44.6 Å². The fourth-order valence-electron chi connectivity index (χ4n) is 6.21. The lowest BCUT2D eigenvalue weighted by atomic mass is 9.72. The molecule has 0 aromatic heterocycles. The zero-order valence-corrected chi connectivity index (χ0v) is 19.8. The Bertz CT molecular complexity index is 719. The summed E-state index contributed by atoms with van der Waals surface area (Å²) in [4.78, 5) is 5.06. The average molecular weight is 468 g/mol. The lowest BCUT2D eigenvalue weighted by Gasteiger charge is -2.44. The van der Waals surface area contributed by atoms with E-state index in [0.29, 0.717) is 0 Å². The number of anilines is 1. The second-order valence-electron chi connectivity index (χ2n) is 10.6. The zero-order chi connectivity index (χ0) is 23.3. The van der Waals surface area contributed by atoms with E-state index in [4.69, 9.17) is 0 Å². The number of nitrogens with one attached hydrogen (secondary N) is 1. The van der Waals surface area contributed by atoms with E-state index in [1.165, 1.54) is 50.8 Å². The summed E-state index contributed by atoms with van der Waals surface area (Å²) in [6.45, 7) is 6.10. The molecule has 1 aromatic carbocycles. The van der Waals surface area contributed by atoms with Crippen LogP contribution in [0.2, 0.25) is 0 Å². The van der Waals surface area contributed by atoms with Gasteiger partial charge in [-0.05, 0) is 49.3 Å². The van der Waals surface area contributed by atoms with Gasteiger partial charge in [-0.1, -0.05) is 50.7 Å². The van der Waals surface area contributed by atoms with Crippen molar-refractivity contribution in [1.82, 2.24) is 9.80 Å². The zero-order valence-electron chi connectivity index (χ0n) is 19.8. The van der Waals surface area contributed by atoms with E-state index in [-0.39, 0.29) is 11.6 Å². The molecule has 2 saturated carbocycles. The number of halogens is 3. The largest absolute Gasteiger partial charge is 0.482 e. The van der Waals surface area contributed by atoms with Gasteiger partial charge in [0.2, 0.25) is 0 Å². The van der Waals surface area contributed by atoms with Crippen LogP contribution in [0.4, 0.5) is 18.9 Å². The van der Waals surface area contributed by atoms with Crippen LogP contribution in [0, 0.1) is 5.92 Å². The van der Waals surface area contributed by atoms with Gasteiger partial charge in [0, 0.05) is 50.9 Å². The van der Waals surface area contributed by atoms with Gasteiger partial charge in [0.15, 0.2) is 0 Å². The first-order valence-electron chi connectivity index (χ1n) is 12.9. The van der Waals surface area contributed by atoms with E-state index in [2.05, 4.69) is 9.80 Å². The predicted molar refractivity (Wildman–Crippen MR) is 126 cm³/mol. The highest BCUT2D eigenvalue weighted by Gasteiger charge is 2.40. The number of aliphatic hydroxyl groups is 1. The third-order valence-corrected chi connectivity index (χ3v) is 8.11. The number of alkyl halides is 3. The Morgan fingerprint density at radius 2 is 1.45 bits per heavy atom. The molecule has 1 heterocycles. The van der Waals surface area contributed by atoms with E-state index in [0.717, 1.165) is 76.3 Å². The summed E-state index contributed by atoms with van der Waals surface area (Å²) < 4.78 is 38.0. The molecule has 0 spiro atoms. The van der Waals surface area contributed by atoms with Gasteiger partial charge in [-0.25, -0.2) is 0 Å². The number of hydrogen-bond donors (Lipinski definition) is 2. The van der Waals surface area contributed by atoms with Crippen LogP contribution in [0.1, 0.15) is 75.7 Å². The van der Waals surface area contributed by atoms with Crippen LogP contribution in [0.5, 0.6) is 0 Å². The fraction of sp³-hybridized carbons (Fsp3) is 0.769. The molecule has 4 nitrogen and oxygen atoms in total. The molecule has 33 heavy (non-hydrogen) atoms. The molecular weight excluding hydrogens is 427 g/mol. The molecule has 2 aliphatic carbocycles. The molecule has 1 atom stereocenters. The van der Waals surface area contributed by atoms with E-state index in [1.807, 2.05) is 0 Å². The Morgan fingerprint density at radius 3 is 2.06 bits per heavy atom. The molecule has 3 aliphatic rings. The molecule has 0 bridgehead atoms. The quantitative estimate of drug-likeness (QED) is 0.513. The molecule has 7 heteroatoms. The molecule has 1 unspecified atom stereocenters. The summed E-state index contributed by atoms with van der Waals surface area (Å²) in [5.41, 5.74) is 0.199. The van der Waals surface area contributed by atoms with Crippen molar-refractivity contribution in [3.05, 3.63) is 29.8 Å². The van der Waals surface area contributed by atoms with Crippen LogP contribution in [-0.2, 0) is 0 Å². The summed E-state index contributed by atoms with van der Waals surface area (Å²) in [5.74, 6) is 0.771. The molecule has 0 amide bonds. The topological polar surface area (TPSA) is 38.7 Å². The average Bonchev–Trinajstić information content (AvgIpc) is 2.79. The number of hydrogen-bond acceptors (Lipinski definition) is 4. The third kappa shape index (κ3) is 7.09. The lowest BCUT2D eigenvalue weighted by Crippen LogP contribution is -2.51. The van der Waals surface area contributed by atoms with E-state index in [9.17, 15) is 18.3 Å². The molecule has 2 N–H and O–H groups in total. The molecule has 3 fully saturated rings. The minimum atomic E-state index is -4.44. The second kappa shape index (κ2) is 11.0. The maximum Gasteiger partial charge on any atom is 0.482 e. The highest BCUT2D eigenvalue weighted by atomic mass is 19.4. The van der Waals surface area contributed by atoms with Crippen molar-refractivity contribution in [2.24, 2.45) is 5.92 Å². The minimum Gasteiger partial charge on any atom is -0.389 e. The first-order valence-corrected chi connectivity index (χ1v) is 12.9. The molecule has 4 rings (SSSR count). The summed E-state index contributed by atoms with van der Waals surface area (Å²) in [6.07, 6.45) is 7.13. The smallest absolute Gasteiger partial charge is 0.389 e. The Kier molecular flexibility index (Phi) is 8.24. The van der Waals surface area contributed by atoms with Gasteiger partial charge >= 0.3 is 6.30 Å². The van der Waals surface area contributed by atoms with Crippen LogP contribution in [0.25, 0.3) is 0 Å². The van der Waals surface area contributed by atoms with Crippen LogP contribution >= 0.6 is 0 Å². The minimum absolute atomic E-state index is 0.0389. The summed E-state index contributed by atoms with van der Waals surface area (Å²) in [7, 11) is 0. The maximum absolute atomic E-state index is 12.7. The van der Waals surface area contributed by atoms with Gasteiger partial charge in [0.25, 0.3) is 0 Å². The Labute approximate surface area is 196 Å². The summed E-state index contributed by atoms with van der Waals surface area (Å²) in [6, 6.07) is 6.52. The number of piperazine rings is 1. The molecule has 1 saturated heterocycles. The first kappa shape index (κ1) is 24.8. The Balaban J connectivity index is 1.39. The van der Waals surface area contributed by atoms with Crippen molar-refractivity contribution in [1.29, 1.82) is 0 Å². The molecular formula is C26H40F3N3O. The van der Waals surface area contributed by atoms with Crippen molar-refractivity contribution in [2.45, 2.75) is 82.0 Å².